The summed E-state index contributed by atoms with van der Waals surface area (Å²) in [5.74, 6) is 0.309. The van der Waals surface area contributed by atoms with E-state index in [9.17, 15) is 4.79 Å². The number of hydrogen-bond donors (Lipinski definition) is 2. The van der Waals surface area contributed by atoms with Gasteiger partial charge in [-0.2, -0.15) is 0 Å². The molecule has 0 aliphatic carbocycles. The fraction of sp³-hybridized carbons (Fsp3) is 0.636. The zero-order valence-electron chi connectivity index (χ0n) is 9.98. The van der Waals surface area contributed by atoms with Gasteiger partial charge in [-0.3, -0.25) is 15.0 Å². The van der Waals surface area contributed by atoms with Crippen LogP contribution in [-0.2, 0) is 4.79 Å². The molecule has 1 aromatic heterocycles. The van der Waals surface area contributed by atoms with Crippen molar-refractivity contribution in [2.75, 3.05) is 25.0 Å². The number of hydrogen-bond acceptors (Lipinski definition) is 5. The van der Waals surface area contributed by atoms with E-state index in [1.54, 1.807) is 6.07 Å². The first-order valence-corrected chi connectivity index (χ1v) is 5.84. The first-order chi connectivity index (χ1) is 8.13. The smallest absolute Gasteiger partial charge is 0.240 e. The van der Waals surface area contributed by atoms with Crippen molar-refractivity contribution < 1.29 is 9.32 Å². The highest BCUT2D eigenvalue weighted by Gasteiger charge is 2.19. The number of amides is 1. The second-order valence-corrected chi connectivity index (χ2v) is 4.52. The van der Waals surface area contributed by atoms with Crippen LogP contribution in [0.3, 0.4) is 0 Å². The van der Waals surface area contributed by atoms with E-state index in [1.165, 1.54) is 0 Å². The molecule has 1 aliphatic heterocycles. The Kier molecular flexibility index (Phi) is 3.75. The summed E-state index contributed by atoms with van der Waals surface area (Å²) in [7, 11) is 0. The SMILES string of the molecule is Cc1cc(NC(=O)CN2CCC[C@@H](N)C2)on1. The second kappa shape index (κ2) is 5.29. The number of carbonyl (C=O) groups is 1. The minimum Gasteiger partial charge on any atom is -0.338 e. The minimum atomic E-state index is -0.0877. The second-order valence-electron chi connectivity index (χ2n) is 4.52. The van der Waals surface area contributed by atoms with Crippen molar-refractivity contribution in [3.63, 3.8) is 0 Å². The van der Waals surface area contributed by atoms with Crippen LogP contribution in [0.2, 0.25) is 0 Å². The van der Waals surface area contributed by atoms with Gasteiger partial charge in [0.15, 0.2) is 0 Å². The molecule has 0 unspecified atom stereocenters. The molecule has 0 aromatic carbocycles. The first-order valence-electron chi connectivity index (χ1n) is 5.84. The van der Waals surface area contributed by atoms with Crippen molar-refractivity contribution in [3.05, 3.63) is 11.8 Å². The van der Waals surface area contributed by atoms with Gasteiger partial charge in [0.2, 0.25) is 11.8 Å². The molecule has 2 rings (SSSR count). The summed E-state index contributed by atoms with van der Waals surface area (Å²) in [6, 6.07) is 1.88. The van der Waals surface area contributed by atoms with Crippen LogP contribution >= 0.6 is 0 Å². The number of aromatic nitrogens is 1. The molecule has 1 aromatic rings. The fourth-order valence-electron chi connectivity index (χ4n) is 2.04. The van der Waals surface area contributed by atoms with Gasteiger partial charge in [0.1, 0.15) is 0 Å². The summed E-state index contributed by atoms with van der Waals surface area (Å²) < 4.78 is 4.92. The third-order valence-corrected chi connectivity index (χ3v) is 2.80. The molecule has 3 N–H and O–H groups in total. The summed E-state index contributed by atoms with van der Waals surface area (Å²) in [4.78, 5) is 13.8. The highest BCUT2D eigenvalue weighted by molar-refractivity contribution is 5.90. The van der Waals surface area contributed by atoms with Crippen molar-refractivity contribution in [3.8, 4) is 0 Å². The molecular formula is C11H18N4O2. The largest absolute Gasteiger partial charge is 0.338 e. The van der Waals surface area contributed by atoms with Crippen LogP contribution in [0.5, 0.6) is 0 Å². The standard InChI is InChI=1S/C11H18N4O2/c1-8-5-11(17-14-8)13-10(16)7-15-4-2-3-9(12)6-15/h5,9H,2-4,6-7,12H2,1H3,(H,13,16)/t9-/m1/s1. The molecule has 6 nitrogen and oxygen atoms in total. The van der Waals surface area contributed by atoms with Crippen molar-refractivity contribution in [1.82, 2.24) is 10.1 Å². The van der Waals surface area contributed by atoms with Gasteiger partial charge in [0.25, 0.3) is 0 Å². The maximum Gasteiger partial charge on any atom is 0.240 e. The number of nitrogens with zero attached hydrogens (tertiary/aromatic N) is 2. The predicted octanol–water partition coefficient (Wildman–Crippen LogP) is 0.345. The topological polar surface area (TPSA) is 84.4 Å². The molecule has 6 heteroatoms. The molecule has 2 heterocycles. The van der Waals surface area contributed by atoms with Crippen molar-refractivity contribution in [1.29, 1.82) is 0 Å². The predicted molar refractivity (Wildman–Crippen MR) is 63.5 cm³/mol. The van der Waals surface area contributed by atoms with Gasteiger partial charge in [-0.1, -0.05) is 5.16 Å². The number of aryl methyl sites for hydroxylation is 1. The molecule has 0 saturated carbocycles. The Morgan fingerprint density at radius 1 is 1.76 bits per heavy atom. The lowest BCUT2D eigenvalue weighted by Gasteiger charge is -2.29. The molecular weight excluding hydrogens is 220 g/mol. The Hall–Kier alpha value is -1.40. The van der Waals surface area contributed by atoms with Crippen LogP contribution < -0.4 is 11.1 Å². The van der Waals surface area contributed by atoms with Gasteiger partial charge in [-0.15, -0.1) is 0 Å². The Bertz CT molecular complexity index is 391. The Labute approximate surface area is 100 Å². The number of nitrogens with two attached hydrogens (primary N) is 1. The summed E-state index contributed by atoms with van der Waals surface area (Å²) in [6.07, 6.45) is 2.09. The number of rotatable bonds is 3. The normalized spacial score (nSPS) is 21.4. The van der Waals surface area contributed by atoms with Gasteiger partial charge in [0, 0.05) is 18.7 Å². The van der Waals surface area contributed by atoms with E-state index in [0.717, 1.165) is 31.6 Å². The summed E-state index contributed by atoms with van der Waals surface area (Å²) >= 11 is 0. The van der Waals surface area contributed by atoms with E-state index in [4.69, 9.17) is 10.3 Å². The Balaban J connectivity index is 1.80. The van der Waals surface area contributed by atoms with E-state index in [-0.39, 0.29) is 11.9 Å². The molecule has 1 aliphatic rings. The average molecular weight is 238 g/mol. The van der Waals surface area contributed by atoms with Crippen LogP contribution in [0.4, 0.5) is 5.88 Å². The quantitative estimate of drug-likeness (QED) is 0.793. The van der Waals surface area contributed by atoms with Gasteiger partial charge >= 0.3 is 0 Å². The minimum absolute atomic E-state index is 0.0877. The molecule has 1 fully saturated rings. The van der Waals surface area contributed by atoms with Crippen LogP contribution in [0.25, 0.3) is 0 Å². The van der Waals surface area contributed by atoms with Crippen LogP contribution in [-0.4, -0.2) is 41.6 Å². The number of carbonyl (C=O) groups excluding carboxylic acids is 1. The summed E-state index contributed by atoms with van der Waals surface area (Å²) in [5, 5.41) is 6.38. The molecule has 0 spiro atoms. The fourth-order valence-corrected chi connectivity index (χ4v) is 2.04. The lowest BCUT2D eigenvalue weighted by molar-refractivity contribution is -0.117. The average Bonchev–Trinajstić information content (AvgIpc) is 2.63. The number of piperidine rings is 1. The molecule has 94 valence electrons. The maximum atomic E-state index is 11.7. The zero-order chi connectivity index (χ0) is 12.3. The van der Waals surface area contributed by atoms with Crippen molar-refractivity contribution >= 4 is 11.8 Å². The highest BCUT2D eigenvalue weighted by atomic mass is 16.5. The van der Waals surface area contributed by atoms with Crippen LogP contribution in [0.1, 0.15) is 18.5 Å². The van der Waals surface area contributed by atoms with Gasteiger partial charge in [-0.25, -0.2) is 0 Å². The van der Waals surface area contributed by atoms with Crippen LogP contribution in [0, 0.1) is 6.92 Å². The molecule has 0 radical (unpaired) electrons. The van der Waals surface area contributed by atoms with Gasteiger partial charge in [0.05, 0.1) is 12.2 Å². The molecule has 0 bridgehead atoms. The molecule has 1 amide bonds. The summed E-state index contributed by atoms with van der Waals surface area (Å²) in [5.41, 5.74) is 6.61. The van der Waals surface area contributed by atoms with E-state index in [1.807, 2.05) is 6.92 Å². The molecule has 1 saturated heterocycles. The number of anilines is 1. The Morgan fingerprint density at radius 3 is 3.24 bits per heavy atom. The lowest BCUT2D eigenvalue weighted by atomic mass is 10.1. The van der Waals surface area contributed by atoms with Crippen LogP contribution in [0.15, 0.2) is 10.6 Å². The van der Waals surface area contributed by atoms with Gasteiger partial charge in [-0.05, 0) is 26.3 Å². The zero-order valence-corrected chi connectivity index (χ0v) is 9.98. The third kappa shape index (κ3) is 3.54. The highest BCUT2D eigenvalue weighted by Crippen LogP contribution is 2.10. The number of nitrogens with one attached hydrogen (secondary N) is 1. The monoisotopic (exact) mass is 238 g/mol. The maximum absolute atomic E-state index is 11.7. The van der Waals surface area contributed by atoms with E-state index < -0.39 is 0 Å². The number of likely N-dealkylation sites (tertiary alicyclic amines) is 1. The Morgan fingerprint density at radius 2 is 2.59 bits per heavy atom. The van der Waals surface area contributed by atoms with E-state index in [2.05, 4.69) is 15.4 Å². The molecule has 17 heavy (non-hydrogen) atoms. The van der Waals surface area contributed by atoms with Crippen molar-refractivity contribution in [2.24, 2.45) is 5.73 Å². The summed E-state index contributed by atoms with van der Waals surface area (Å²) in [6.45, 7) is 3.87. The van der Waals surface area contributed by atoms with Crippen molar-refractivity contribution in [2.45, 2.75) is 25.8 Å². The van der Waals surface area contributed by atoms with E-state index in [0.29, 0.717) is 12.4 Å². The molecule has 1 atom stereocenters. The third-order valence-electron chi connectivity index (χ3n) is 2.80. The van der Waals surface area contributed by atoms with Gasteiger partial charge < -0.3 is 10.3 Å². The van der Waals surface area contributed by atoms with E-state index >= 15 is 0 Å². The lowest BCUT2D eigenvalue weighted by Crippen LogP contribution is -2.45. The first kappa shape index (κ1) is 12.1.